The number of nitrogens with one attached hydrogen (secondary N) is 1. The number of carbonyl (C=O) groups excluding carboxylic acids is 1. The minimum atomic E-state index is -3.75. The molecule has 0 saturated carbocycles. The summed E-state index contributed by atoms with van der Waals surface area (Å²) in [6.07, 6.45) is 3.12. The maximum absolute atomic E-state index is 12.5. The third kappa shape index (κ3) is 9.51. The van der Waals surface area contributed by atoms with Crippen molar-refractivity contribution in [2.45, 2.75) is 51.0 Å². The molecule has 4 aromatic carbocycles. The molecule has 7 rings (SSSR count). The standard InChI is InChI=1S/C23H23ClN4O2.C18H17N5O3S/c1-4-5-17(29)12-20-23-27-26-14(2)28(23)21-11-10-18(30-3)13-19(21)22(25-20)15-6-8-16(24)9-7-15;1-12-10-16(15(19)11-17(12)24)22-21-13-5-7-14(8-6-13)27(25,26)23-18-4-2-3-9-20-18/h6-11,13,20H,4-5,12H2,1-3H3;2-11,24H,19H2,1H3,(H,20,23)/t20-;/m0./s1. The second-order valence-electron chi connectivity index (χ2n) is 13.0. The molecule has 4 N–H and O–H groups in total. The first-order valence-corrected chi connectivity index (χ1v) is 19.7. The van der Waals surface area contributed by atoms with Crippen molar-refractivity contribution in [3.05, 3.63) is 137 Å². The maximum Gasteiger partial charge on any atom is 0.263 e. The highest BCUT2D eigenvalue weighted by atomic mass is 35.5. The van der Waals surface area contributed by atoms with Gasteiger partial charge < -0.3 is 15.6 Å². The van der Waals surface area contributed by atoms with E-state index in [0.717, 1.165) is 40.5 Å². The minimum Gasteiger partial charge on any atom is -0.508 e. The molecule has 0 amide bonds. The summed E-state index contributed by atoms with van der Waals surface area (Å²) in [6, 6.07) is 26.8. The molecule has 16 heteroatoms. The van der Waals surface area contributed by atoms with Gasteiger partial charge in [-0.1, -0.05) is 36.7 Å². The number of nitrogens with two attached hydrogens (primary N) is 1. The van der Waals surface area contributed by atoms with Crippen LogP contribution in [-0.2, 0) is 14.8 Å². The molecule has 3 heterocycles. The van der Waals surface area contributed by atoms with Crippen LogP contribution in [0.3, 0.4) is 0 Å². The number of azo groups is 1. The van der Waals surface area contributed by atoms with Gasteiger partial charge in [0.2, 0.25) is 0 Å². The van der Waals surface area contributed by atoms with Gasteiger partial charge in [0.25, 0.3) is 10.0 Å². The third-order valence-corrected chi connectivity index (χ3v) is 10.5. The zero-order valence-corrected chi connectivity index (χ0v) is 33.2. The van der Waals surface area contributed by atoms with Crippen LogP contribution in [0, 0.1) is 13.8 Å². The average Bonchev–Trinajstić information content (AvgIpc) is 3.52. The predicted molar refractivity (Wildman–Crippen MR) is 220 cm³/mol. The molecule has 0 saturated heterocycles. The van der Waals surface area contributed by atoms with Crippen LogP contribution in [0.25, 0.3) is 5.69 Å². The number of aromatic nitrogens is 4. The number of Topliss-reactive ketones (excluding diaryl/α,β-unsaturated/α-hetero) is 1. The number of ether oxygens (including phenoxy) is 1. The number of halogens is 1. The molecular weight excluding hydrogens is 766 g/mol. The molecule has 1 atom stereocenters. The fraction of sp³-hybridized carbons (Fsp3) is 0.195. The van der Waals surface area contributed by atoms with Crippen LogP contribution in [0.4, 0.5) is 22.9 Å². The number of fused-ring (bicyclic) bond motifs is 3. The average molecular weight is 806 g/mol. The van der Waals surface area contributed by atoms with Gasteiger partial charge in [-0.3, -0.25) is 19.1 Å². The van der Waals surface area contributed by atoms with E-state index in [9.17, 15) is 18.3 Å². The number of aromatic hydroxyl groups is 1. The molecule has 6 aromatic rings. The van der Waals surface area contributed by atoms with Gasteiger partial charge in [0.1, 0.15) is 40.7 Å². The number of sulfonamides is 1. The van der Waals surface area contributed by atoms with Gasteiger partial charge in [0.05, 0.1) is 34.8 Å². The lowest BCUT2D eigenvalue weighted by atomic mass is 9.99. The second-order valence-corrected chi connectivity index (χ2v) is 15.1. The van der Waals surface area contributed by atoms with Crippen molar-refractivity contribution in [2.75, 3.05) is 17.6 Å². The molecular formula is C41H40ClN9O5S. The summed E-state index contributed by atoms with van der Waals surface area (Å²) >= 11 is 6.11. The SMILES string of the molecule is CCCC(=O)C[C@@H]1N=C(c2ccc(Cl)cc2)c2cc(OC)ccc2-n2c(C)nnc21.Cc1cc(N=Nc2ccc(S(=O)(=O)Nc3ccccn3)cc2)c(N)cc1O. The van der Waals surface area contributed by atoms with Crippen molar-refractivity contribution in [1.82, 2.24) is 19.7 Å². The number of nitrogen functional groups attached to an aromatic ring is 1. The molecule has 2 aromatic heterocycles. The first-order valence-electron chi connectivity index (χ1n) is 17.9. The molecule has 0 spiro atoms. The van der Waals surface area contributed by atoms with E-state index >= 15 is 0 Å². The van der Waals surface area contributed by atoms with E-state index in [1.54, 1.807) is 38.3 Å². The zero-order valence-electron chi connectivity index (χ0n) is 31.6. The van der Waals surface area contributed by atoms with E-state index in [1.165, 1.54) is 36.5 Å². The number of anilines is 2. The topological polar surface area (TPSA) is 199 Å². The summed E-state index contributed by atoms with van der Waals surface area (Å²) in [6.45, 7) is 5.63. The van der Waals surface area contributed by atoms with Crippen molar-refractivity contribution in [2.24, 2.45) is 15.2 Å². The molecule has 14 nitrogen and oxygen atoms in total. The molecule has 0 aliphatic carbocycles. The van der Waals surface area contributed by atoms with Gasteiger partial charge in [-0.25, -0.2) is 13.4 Å². The molecule has 0 radical (unpaired) electrons. The monoisotopic (exact) mass is 805 g/mol. The Kier molecular flexibility index (Phi) is 12.4. The third-order valence-electron chi connectivity index (χ3n) is 8.87. The summed E-state index contributed by atoms with van der Waals surface area (Å²) in [5.41, 5.74) is 11.1. The number of carbonyl (C=O) groups is 1. The van der Waals surface area contributed by atoms with Crippen LogP contribution >= 0.6 is 11.6 Å². The van der Waals surface area contributed by atoms with E-state index in [1.807, 2.05) is 60.9 Å². The second kappa shape index (κ2) is 17.6. The minimum absolute atomic E-state index is 0.0760. The zero-order chi connectivity index (χ0) is 40.7. The highest BCUT2D eigenvalue weighted by Crippen LogP contribution is 2.35. The lowest BCUT2D eigenvalue weighted by Crippen LogP contribution is -2.13. The number of nitrogens with zero attached hydrogens (tertiary/aromatic N) is 7. The molecule has 292 valence electrons. The molecule has 1 aliphatic rings. The number of aliphatic imine (C=N–C) groups is 1. The first kappa shape index (κ1) is 40.2. The summed E-state index contributed by atoms with van der Waals surface area (Å²) in [4.78, 5) is 21.6. The number of benzene rings is 4. The number of ketones is 1. The largest absolute Gasteiger partial charge is 0.508 e. The van der Waals surface area contributed by atoms with Gasteiger partial charge in [-0.15, -0.1) is 15.3 Å². The van der Waals surface area contributed by atoms with Gasteiger partial charge in [0, 0.05) is 41.3 Å². The van der Waals surface area contributed by atoms with Crippen molar-refractivity contribution in [3.8, 4) is 17.2 Å². The number of hydrogen-bond donors (Lipinski definition) is 3. The molecule has 0 fully saturated rings. The number of pyridine rings is 1. The summed E-state index contributed by atoms with van der Waals surface area (Å²) in [5, 5.41) is 27.0. The Morgan fingerprint density at radius 2 is 1.74 bits per heavy atom. The number of hydrogen-bond acceptors (Lipinski definition) is 12. The van der Waals surface area contributed by atoms with E-state index < -0.39 is 16.1 Å². The van der Waals surface area contributed by atoms with Crippen LogP contribution < -0.4 is 15.2 Å². The van der Waals surface area contributed by atoms with Gasteiger partial charge in [0.15, 0.2) is 5.82 Å². The number of phenolic OH excluding ortho intramolecular Hbond substituents is 1. The van der Waals surface area contributed by atoms with Crippen molar-refractivity contribution in [3.63, 3.8) is 0 Å². The quantitative estimate of drug-likeness (QED) is 0.0846. The van der Waals surface area contributed by atoms with Crippen LogP contribution in [0.15, 0.2) is 123 Å². The summed E-state index contributed by atoms with van der Waals surface area (Å²) in [5.74, 6) is 2.63. The Balaban J connectivity index is 0.000000194. The fourth-order valence-electron chi connectivity index (χ4n) is 5.98. The number of phenols is 1. The Bertz CT molecular complexity index is 2560. The highest BCUT2D eigenvalue weighted by Gasteiger charge is 2.30. The Morgan fingerprint density at radius 1 is 0.982 bits per heavy atom. The number of aryl methyl sites for hydroxylation is 2. The summed E-state index contributed by atoms with van der Waals surface area (Å²) in [7, 11) is -2.11. The van der Waals surface area contributed by atoms with Crippen LogP contribution in [-0.4, -0.2) is 51.9 Å². The van der Waals surface area contributed by atoms with Crippen molar-refractivity contribution >= 4 is 56.0 Å². The predicted octanol–water partition coefficient (Wildman–Crippen LogP) is 8.78. The molecule has 0 unspecified atom stereocenters. The van der Waals surface area contributed by atoms with Crippen LogP contribution in [0.2, 0.25) is 5.02 Å². The van der Waals surface area contributed by atoms with Gasteiger partial charge in [-0.2, -0.15) is 5.11 Å². The molecule has 1 aliphatic heterocycles. The lowest BCUT2D eigenvalue weighted by molar-refractivity contribution is -0.119. The van der Waals surface area contributed by atoms with Gasteiger partial charge >= 0.3 is 0 Å². The van der Waals surface area contributed by atoms with Gasteiger partial charge in [-0.05, 0) is 98.6 Å². The van der Waals surface area contributed by atoms with E-state index in [4.69, 9.17) is 27.1 Å². The highest BCUT2D eigenvalue weighted by molar-refractivity contribution is 7.92. The Hall–Kier alpha value is -6.45. The lowest BCUT2D eigenvalue weighted by Gasteiger charge is -2.14. The maximum atomic E-state index is 12.5. The molecule has 57 heavy (non-hydrogen) atoms. The smallest absolute Gasteiger partial charge is 0.263 e. The van der Waals surface area contributed by atoms with Crippen molar-refractivity contribution < 1.29 is 23.1 Å². The van der Waals surface area contributed by atoms with E-state index in [2.05, 4.69) is 30.1 Å². The Labute approximate surface area is 335 Å². The normalized spacial score (nSPS) is 13.4. The number of methoxy groups -OCH3 is 1. The molecule has 0 bridgehead atoms. The Morgan fingerprint density at radius 3 is 2.42 bits per heavy atom. The van der Waals surface area contributed by atoms with E-state index in [-0.39, 0.29) is 28.7 Å². The van der Waals surface area contributed by atoms with E-state index in [0.29, 0.717) is 39.9 Å². The number of rotatable bonds is 11. The first-order chi connectivity index (χ1) is 27.4. The summed E-state index contributed by atoms with van der Waals surface area (Å²) < 4.78 is 34.6. The van der Waals surface area contributed by atoms with Crippen LogP contribution in [0.1, 0.15) is 60.6 Å². The van der Waals surface area contributed by atoms with Crippen molar-refractivity contribution in [1.29, 1.82) is 0 Å². The van der Waals surface area contributed by atoms with Crippen LogP contribution in [0.5, 0.6) is 11.5 Å². The fourth-order valence-corrected chi connectivity index (χ4v) is 7.11.